The van der Waals surface area contributed by atoms with Crippen molar-refractivity contribution in [1.82, 2.24) is 5.32 Å². The average Bonchev–Trinajstić information content (AvgIpc) is 2.67. The first kappa shape index (κ1) is 19.3. The van der Waals surface area contributed by atoms with Crippen molar-refractivity contribution in [3.05, 3.63) is 74.3 Å². The fraction of sp³-hybridized carbons (Fsp3) is 0.316. The SMILES string of the molecule is O=C(NCc1ccccc1C[NH+]1CCOCC1)c1ccc([N+](=O)[O-])cc1Cl. The highest BCUT2D eigenvalue weighted by Crippen LogP contribution is 2.22. The van der Waals surface area contributed by atoms with Crippen molar-refractivity contribution in [2.24, 2.45) is 0 Å². The van der Waals surface area contributed by atoms with Crippen molar-refractivity contribution >= 4 is 23.2 Å². The number of carbonyl (C=O) groups is 1. The zero-order valence-corrected chi connectivity index (χ0v) is 15.5. The van der Waals surface area contributed by atoms with Crippen LogP contribution in [0.3, 0.4) is 0 Å². The Balaban J connectivity index is 1.66. The molecule has 3 rings (SSSR count). The lowest BCUT2D eigenvalue weighted by molar-refractivity contribution is -0.921. The minimum Gasteiger partial charge on any atom is -0.370 e. The van der Waals surface area contributed by atoms with Crippen molar-refractivity contribution in [3.63, 3.8) is 0 Å². The predicted molar refractivity (Wildman–Crippen MR) is 101 cm³/mol. The second-order valence-corrected chi connectivity index (χ2v) is 6.82. The van der Waals surface area contributed by atoms with Crippen LogP contribution in [0.1, 0.15) is 21.5 Å². The molecule has 1 amide bonds. The first-order chi connectivity index (χ1) is 13.0. The third-order valence-corrected chi connectivity index (χ3v) is 4.92. The molecule has 1 aliphatic rings. The number of halogens is 1. The Hall–Kier alpha value is -2.48. The van der Waals surface area contributed by atoms with Crippen LogP contribution in [0.15, 0.2) is 42.5 Å². The number of nitrogens with zero attached hydrogens (tertiary/aromatic N) is 1. The third-order valence-electron chi connectivity index (χ3n) is 4.61. The number of amides is 1. The van der Waals surface area contributed by atoms with Gasteiger partial charge in [-0.1, -0.05) is 35.9 Å². The monoisotopic (exact) mass is 390 g/mol. The number of rotatable bonds is 6. The van der Waals surface area contributed by atoms with Gasteiger partial charge in [0.25, 0.3) is 11.6 Å². The van der Waals surface area contributed by atoms with Crippen molar-refractivity contribution in [2.75, 3.05) is 26.3 Å². The summed E-state index contributed by atoms with van der Waals surface area (Å²) in [5.74, 6) is -0.358. The van der Waals surface area contributed by atoms with Crippen LogP contribution >= 0.6 is 11.6 Å². The first-order valence-electron chi connectivity index (χ1n) is 8.75. The Morgan fingerprint density at radius 2 is 1.89 bits per heavy atom. The number of morpholine rings is 1. The minimum absolute atomic E-state index is 0.0627. The molecule has 0 spiro atoms. The second kappa shape index (κ2) is 8.94. The molecular formula is C19H21ClN3O4+. The third kappa shape index (κ3) is 5.03. The highest BCUT2D eigenvalue weighted by molar-refractivity contribution is 6.34. The van der Waals surface area contributed by atoms with E-state index in [1.165, 1.54) is 28.7 Å². The quantitative estimate of drug-likeness (QED) is 0.579. The first-order valence-corrected chi connectivity index (χ1v) is 9.12. The molecule has 8 heteroatoms. The van der Waals surface area contributed by atoms with Gasteiger partial charge in [-0.3, -0.25) is 14.9 Å². The number of non-ortho nitro benzene ring substituents is 1. The molecule has 0 radical (unpaired) electrons. The van der Waals surface area contributed by atoms with Gasteiger partial charge in [-0.2, -0.15) is 0 Å². The summed E-state index contributed by atoms with van der Waals surface area (Å²) in [6.45, 7) is 4.73. The highest BCUT2D eigenvalue weighted by atomic mass is 35.5. The molecule has 1 heterocycles. The number of carbonyl (C=O) groups excluding carboxylic acids is 1. The Labute approximate surface area is 162 Å². The molecule has 0 aromatic heterocycles. The van der Waals surface area contributed by atoms with E-state index >= 15 is 0 Å². The maximum absolute atomic E-state index is 12.4. The van der Waals surface area contributed by atoms with E-state index < -0.39 is 4.92 Å². The van der Waals surface area contributed by atoms with Gasteiger partial charge in [-0.25, -0.2) is 0 Å². The Bertz CT molecular complexity index is 837. The molecule has 0 saturated carbocycles. The summed E-state index contributed by atoms with van der Waals surface area (Å²) in [7, 11) is 0. The minimum atomic E-state index is -0.544. The molecule has 0 aliphatic carbocycles. The Morgan fingerprint density at radius 1 is 1.19 bits per heavy atom. The summed E-state index contributed by atoms with van der Waals surface area (Å²) in [5, 5.41) is 13.7. The summed E-state index contributed by atoms with van der Waals surface area (Å²) < 4.78 is 5.40. The number of hydrogen-bond acceptors (Lipinski definition) is 4. The van der Waals surface area contributed by atoms with Crippen LogP contribution in [-0.4, -0.2) is 37.1 Å². The molecular weight excluding hydrogens is 370 g/mol. The summed E-state index contributed by atoms with van der Waals surface area (Å²) in [6.07, 6.45) is 0. The smallest absolute Gasteiger partial charge is 0.270 e. The van der Waals surface area contributed by atoms with Crippen LogP contribution in [0.25, 0.3) is 0 Å². The number of benzene rings is 2. The lowest BCUT2D eigenvalue weighted by Crippen LogP contribution is -3.12. The van der Waals surface area contributed by atoms with Gasteiger partial charge >= 0.3 is 0 Å². The Kier molecular flexibility index (Phi) is 6.39. The van der Waals surface area contributed by atoms with E-state index in [4.69, 9.17) is 16.3 Å². The number of nitro groups is 1. The molecule has 1 saturated heterocycles. The maximum Gasteiger partial charge on any atom is 0.270 e. The van der Waals surface area contributed by atoms with E-state index in [9.17, 15) is 14.9 Å². The largest absolute Gasteiger partial charge is 0.370 e. The van der Waals surface area contributed by atoms with E-state index in [2.05, 4.69) is 11.4 Å². The van der Waals surface area contributed by atoms with Crippen molar-refractivity contribution in [2.45, 2.75) is 13.1 Å². The summed E-state index contributed by atoms with van der Waals surface area (Å²) in [6, 6.07) is 11.8. The zero-order valence-electron chi connectivity index (χ0n) is 14.7. The zero-order chi connectivity index (χ0) is 19.2. The molecule has 2 aromatic carbocycles. The van der Waals surface area contributed by atoms with Gasteiger partial charge in [-0.15, -0.1) is 0 Å². The van der Waals surface area contributed by atoms with E-state index in [0.29, 0.717) is 6.54 Å². The van der Waals surface area contributed by atoms with Crippen LogP contribution in [0.5, 0.6) is 0 Å². The molecule has 0 bridgehead atoms. The van der Waals surface area contributed by atoms with Gasteiger partial charge in [0.15, 0.2) is 0 Å². The fourth-order valence-corrected chi connectivity index (χ4v) is 3.34. The second-order valence-electron chi connectivity index (χ2n) is 6.41. The van der Waals surface area contributed by atoms with Gasteiger partial charge in [0, 0.05) is 24.2 Å². The Morgan fingerprint density at radius 3 is 2.56 bits per heavy atom. The molecule has 2 N–H and O–H groups in total. The number of nitrogens with one attached hydrogen (secondary N) is 2. The number of quaternary nitrogens is 1. The van der Waals surface area contributed by atoms with E-state index in [0.717, 1.165) is 38.4 Å². The molecule has 0 unspecified atom stereocenters. The van der Waals surface area contributed by atoms with Crippen LogP contribution < -0.4 is 10.2 Å². The average molecular weight is 391 g/mol. The van der Waals surface area contributed by atoms with Gasteiger partial charge in [0.1, 0.15) is 19.6 Å². The molecule has 1 fully saturated rings. The molecule has 27 heavy (non-hydrogen) atoms. The number of nitro benzene ring substituents is 1. The lowest BCUT2D eigenvalue weighted by atomic mass is 10.1. The maximum atomic E-state index is 12.4. The molecule has 142 valence electrons. The van der Waals surface area contributed by atoms with Gasteiger partial charge in [-0.05, 0) is 11.6 Å². The summed E-state index contributed by atoms with van der Waals surface area (Å²) >= 11 is 6.03. The van der Waals surface area contributed by atoms with Crippen molar-refractivity contribution < 1.29 is 19.4 Å². The fourth-order valence-electron chi connectivity index (χ4n) is 3.08. The van der Waals surface area contributed by atoms with Crippen molar-refractivity contribution in [1.29, 1.82) is 0 Å². The van der Waals surface area contributed by atoms with Crippen LogP contribution in [0.2, 0.25) is 5.02 Å². The molecule has 1 aliphatic heterocycles. The highest BCUT2D eigenvalue weighted by Gasteiger charge is 2.17. The topological polar surface area (TPSA) is 85.9 Å². The van der Waals surface area contributed by atoms with Crippen LogP contribution in [-0.2, 0) is 17.8 Å². The van der Waals surface area contributed by atoms with Gasteiger partial charge in [0.05, 0.1) is 28.7 Å². The van der Waals surface area contributed by atoms with E-state index in [1.807, 2.05) is 18.2 Å². The lowest BCUT2D eigenvalue weighted by Gasteiger charge is -2.24. The van der Waals surface area contributed by atoms with Crippen molar-refractivity contribution in [3.8, 4) is 0 Å². The van der Waals surface area contributed by atoms with Gasteiger partial charge in [0.2, 0.25) is 0 Å². The molecule has 7 nitrogen and oxygen atoms in total. The number of hydrogen-bond donors (Lipinski definition) is 2. The summed E-state index contributed by atoms with van der Waals surface area (Å²) in [4.78, 5) is 24.1. The van der Waals surface area contributed by atoms with Gasteiger partial charge < -0.3 is 15.0 Å². The molecule has 2 aromatic rings. The van der Waals surface area contributed by atoms with Crippen LogP contribution in [0.4, 0.5) is 5.69 Å². The molecule has 0 atom stereocenters. The van der Waals surface area contributed by atoms with E-state index in [-0.39, 0.29) is 22.2 Å². The number of ether oxygens (including phenoxy) is 1. The van der Waals surface area contributed by atoms with Crippen LogP contribution in [0, 0.1) is 10.1 Å². The standard InChI is InChI=1S/C19H20ClN3O4/c20-18-11-16(23(25)26)5-6-17(18)19(24)21-12-14-3-1-2-4-15(14)13-22-7-9-27-10-8-22/h1-6,11H,7-10,12-13H2,(H,21,24)/p+1. The normalized spacial score (nSPS) is 14.7. The predicted octanol–water partition coefficient (Wildman–Crippen LogP) is 1.59. The summed E-state index contributed by atoms with van der Waals surface area (Å²) in [5.41, 5.74) is 2.31. The van der Waals surface area contributed by atoms with E-state index in [1.54, 1.807) is 0 Å².